The lowest BCUT2D eigenvalue weighted by atomic mass is 10.1. The predicted octanol–water partition coefficient (Wildman–Crippen LogP) is 2.24. The van der Waals surface area contributed by atoms with Gasteiger partial charge in [0.25, 0.3) is 5.91 Å². The number of aliphatic hydroxyl groups excluding tert-OH is 1. The van der Waals surface area contributed by atoms with Crippen molar-refractivity contribution in [3.63, 3.8) is 0 Å². The van der Waals surface area contributed by atoms with E-state index < -0.39 is 30.9 Å². The number of aliphatic hydroxyl groups is 1. The number of carbonyl (C=O) groups excluding carboxylic acids is 1. The van der Waals surface area contributed by atoms with E-state index in [-0.39, 0.29) is 24.2 Å². The van der Waals surface area contributed by atoms with Gasteiger partial charge in [0, 0.05) is 18.5 Å². The van der Waals surface area contributed by atoms with Gasteiger partial charge < -0.3 is 10.4 Å². The zero-order chi connectivity index (χ0) is 15.9. The van der Waals surface area contributed by atoms with Crippen molar-refractivity contribution in [3.05, 3.63) is 35.1 Å². The number of alkyl halides is 3. The van der Waals surface area contributed by atoms with E-state index in [0.29, 0.717) is 0 Å². The van der Waals surface area contributed by atoms with Gasteiger partial charge in [0.1, 0.15) is 5.82 Å². The third-order valence-electron chi connectivity index (χ3n) is 2.38. The van der Waals surface area contributed by atoms with Crippen LogP contribution in [0.5, 0.6) is 0 Å². The first-order valence-corrected chi connectivity index (χ1v) is 6.07. The molecule has 0 bridgehead atoms. The molecule has 0 spiro atoms. The number of hydrogen-bond acceptors (Lipinski definition) is 2. The fourth-order valence-corrected chi connectivity index (χ4v) is 1.44. The van der Waals surface area contributed by atoms with E-state index in [1.165, 1.54) is 0 Å². The van der Waals surface area contributed by atoms with E-state index >= 15 is 0 Å². The first kappa shape index (κ1) is 17.0. The summed E-state index contributed by atoms with van der Waals surface area (Å²) in [6, 6.07) is 3.19. The van der Waals surface area contributed by atoms with E-state index in [0.717, 1.165) is 18.2 Å². The largest absolute Gasteiger partial charge is 0.395 e. The van der Waals surface area contributed by atoms with Gasteiger partial charge in [-0.3, -0.25) is 4.79 Å². The van der Waals surface area contributed by atoms with Crippen molar-refractivity contribution in [1.29, 1.82) is 0 Å². The molecule has 0 aliphatic rings. The van der Waals surface area contributed by atoms with Crippen LogP contribution in [0.3, 0.4) is 0 Å². The molecule has 0 aliphatic heterocycles. The maximum Gasteiger partial charge on any atom is 0.390 e. The normalized spacial score (nSPS) is 10.7. The minimum atomic E-state index is -4.36. The summed E-state index contributed by atoms with van der Waals surface area (Å²) in [6.45, 7) is -0.751. The second-order valence-corrected chi connectivity index (χ2v) is 4.09. The van der Waals surface area contributed by atoms with Crippen molar-refractivity contribution in [2.75, 3.05) is 13.2 Å². The second kappa shape index (κ2) is 7.64. The van der Waals surface area contributed by atoms with Crippen LogP contribution in [-0.2, 0) is 0 Å². The number of amides is 1. The highest BCUT2D eigenvalue weighted by Gasteiger charge is 2.26. The average molecular weight is 303 g/mol. The number of carbonyl (C=O) groups is 1. The van der Waals surface area contributed by atoms with Gasteiger partial charge in [0.15, 0.2) is 0 Å². The van der Waals surface area contributed by atoms with Crippen molar-refractivity contribution < 1.29 is 27.5 Å². The van der Waals surface area contributed by atoms with Crippen LogP contribution in [-0.4, -0.2) is 30.3 Å². The van der Waals surface area contributed by atoms with Gasteiger partial charge in [-0.15, -0.1) is 0 Å². The Morgan fingerprint density at radius 1 is 1.33 bits per heavy atom. The van der Waals surface area contributed by atoms with Gasteiger partial charge >= 0.3 is 6.18 Å². The fraction of sp³-hybridized carbons (Fsp3) is 0.357. The molecule has 114 valence electrons. The van der Waals surface area contributed by atoms with Crippen LogP contribution >= 0.6 is 0 Å². The summed E-state index contributed by atoms with van der Waals surface area (Å²) in [4.78, 5) is 11.8. The minimum absolute atomic E-state index is 0.0102. The molecule has 1 rings (SSSR count). The molecule has 7 heteroatoms. The van der Waals surface area contributed by atoms with E-state index in [1.54, 1.807) is 0 Å². The SMILES string of the molecule is O=C(NCCC(F)(F)F)c1ccc(F)cc1C#CCCO. The number of benzene rings is 1. The smallest absolute Gasteiger partial charge is 0.390 e. The molecule has 0 unspecified atom stereocenters. The molecular formula is C14H13F4NO2. The van der Waals surface area contributed by atoms with E-state index in [2.05, 4.69) is 17.2 Å². The first-order valence-electron chi connectivity index (χ1n) is 6.07. The van der Waals surface area contributed by atoms with Gasteiger partial charge in [0.2, 0.25) is 0 Å². The molecule has 21 heavy (non-hydrogen) atoms. The molecule has 2 N–H and O–H groups in total. The van der Waals surface area contributed by atoms with Crippen LogP contribution in [0.1, 0.15) is 28.8 Å². The quantitative estimate of drug-likeness (QED) is 0.662. The molecule has 0 radical (unpaired) electrons. The Balaban J connectivity index is 2.82. The van der Waals surface area contributed by atoms with E-state index in [1.807, 2.05) is 0 Å². The Labute approximate surface area is 119 Å². The molecule has 0 aliphatic carbocycles. The second-order valence-electron chi connectivity index (χ2n) is 4.09. The van der Waals surface area contributed by atoms with Crippen molar-refractivity contribution in [2.24, 2.45) is 0 Å². The summed E-state index contributed by atoms with van der Waals surface area (Å²) in [7, 11) is 0. The summed E-state index contributed by atoms with van der Waals surface area (Å²) < 4.78 is 49.1. The summed E-state index contributed by atoms with van der Waals surface area (Å²) in [6.07, 6.45) is -5.36. The molecule has 1 aromatic carbocycles. The Kier molecular flexibility index (Phi) is 6.18. The van der Waals surface area contributed by atoms with Gasteiger partial charge in [-0.1, -0.05) is 11.8 Å². The average Bonchev–Trinajstić information content (AvgIpc) is 2.37. The van der Waals surface area contributed by atoms with E-state index in [4.69, 9.17) is 5.11 Å². The standard InChI is InChI=1S/C14H13F4NO2/c15-11-4-5-12(10(9-11)3-1-2-8-20)13(21)19-7-6-14(16,17)18/h4-5,9,20H,2,6-8H2,(H,19,21). The molecule has 0 saturated heterocycles. The highest BCUT2D eigenvalue weighted by molar-refractivity contribution is 5.96. The number of nitrogens with one attached hydrogen (secondary N) is 1. The summed E-state index contributed by atoms with van der Waals surface area (Å²) in [5.41, 5.74) is 0.0528. The number of hydrogen-bond donors (Lipinski definition) is 2. The predicted molar refractivity (Wildman–Crippen MR) is 68.0 cm³/mol. The topological polar surface area (TPSA) is 49.3 Å². The van der Waals surface area contributed by atoms with Crippen molar-refractivity contribution in [1.82, 2.24) is 5.32 Å². The number of rotatable bonds is 4. The highest BCUT2D eigenvalue weighted by Crippen LogP contribution is 2.18. The first-order chi connectivity index (χ1) is 9.83. The van der Waals surface area contributed by atoms with Gasteiger partial charge in [-0.2, -0.15) is 13.2 Å². The lowest BCUT2D eigenvalue weighted by Crippen LogP contribution is -2.28. The van der Waals surface area contributed by atoms with Crippen LogP contribution in [0.2, 0.25) is 0 Å². The maximum atomic E-state index is 13.1. The van der Waals surface area contributed by atoms with Crippen molar-refractivity contribution in [2.45, 2.75) is 19.0 Å². The molecule has 0 heterocycles. The zero-order valence-corrected chi connectivity index (χ0v) is 10.9. The monoisotopic (exact) mass is 303 g/mol. The van der Waals surface area contributed by atoms with Crippen LogP contribution in [0.25, 0.3) is 0 Å². The Morgan fingerprint density at radius 3 is 2.67 bits per heavy atom. The molecule has 0 atom stereocenters. The van der Waals surface area contributed by atoms with Gasteiger partial charge in [0.05, 0.1) is 18.6 Å². The van der Waals surface area contributed by atoms with Gasteiger partial charge in [-0.25, -0.2) is 4.39 Å². The summed E-state index contributed by atoms with van der Waals surface area (Å²) in [5, 5.41) is 10.7. The number of halogens is 4. The maximum absolute atomic E-state index is 13.1. The molecule has 0 fully saturated rings. The Hall–Kier alpha value is -2.07. The zero-order valence-electron chi connectivity index (χ0n) is 10.9. The van der Waals surface area contributed by atoms with Crippen LogP contribution < -0.4 is 5.32 Å². The molecular weight excluding hydrogens is 290 g/mol. The minimum Gasteiger partial charge on any atom is -0.395 e. The lowest BCUT2D eigenvalue weighted by molar-refractivity contribution is -0.132. The van der Waals surface area contributed by atoms with Crippen LogP contribution in [0, 0.1) is 17.7 Å². The summed E-state index contributed by atoms with van der Waals surface area (Å²) >= 11 is 0. The van der Waals surface area contributed by atoms with E-state index in [9.17, 15) is 22.4 Å². The van der Waals surface area contributed by atoms with Crippen LogP contribution in [0.4, 0.5) is 17.6 Å². The Morgan fingerprint density at radius 2 is 2.05 bits per heavy atom. The van der Waals surface area contributed by atoms with Gasteiger partial charge in [-0.05, 0) is 18.2 Å². The lowest BCUT2D eigenvalue weighted by Gasteiger charge is -2.09. The third-order valence-corrected chi connectivity index (χ3v) is 2.38. The molecule has 1 amide bonds. The molecule has 0 aromatic heterocycles. The van der Waals surface area contributed by atoms with Crippen molar-refractivity contribution in [3.8, 4) is 11.8 Å². The molecule has 3 nitrogen and oxygen atoms in total. The summed E-state index contributed by atoms with van der Waals surface area (Å²) in [5.74, 6) is 3.66. The molecule has 1 aromatic rings. The Bertz CT molecular complexity index is 558. The molecule has 0 saturated carbocycles. The van der Waals surface area contributed by atoms with Crippen LogP contribution in [0.15, 0.2) is 18.2 Å². The fourth-order valence-electron chi connectivity index (χ4n) is 1.44. The third kappa shape index (κ3) is 6.27. The highest BCUT2D eigenvalue weighted by atomic mass is 19.4. The van der Waals surface area contributed by atoms with Crippen molar-refractivity contribution >= 4 is 5.91 Å².